The van der Waals surface area contributed by atoms with E-state index in [0.29, 0.717) is 11.4 Å². The number of carbonyl (C=O) groups excluding carboxylic acids is 1. The predicted octanol–water partition coefficient (Wildman–Crippen LogP) is 3.16. The van der Waals surface area contributed by atoms with Crippen molar-refractivity contribution in [2.45, 2.75) is 24.3 Å². The number of nitrogens with one attached hydrogen (secondary N) is 2. The number of fused-ring (bicyclic) bond motifs is 1. The SMILES string of the molecule is Cc1[nH]nc2c1[C@H](c1cc(F)cc(F)c1)S[C@H](C)C(=O)N2. The normalized spacial score (nSPS) is 21.6. The van der Waals surface area contributed by atoms with Gasteiger partial charge in [0, 0.05) is 17.3 Å². The highest BCUT2D eigenvalue weighted by Crippen LogP contribution is 2.44. The van der Waals surface area contributed by atoms with Gasteiger partial charge in [-0.25, -0.2) is 8.78 Å². The van der Waals surface area contributed by atoms with Gasteiger partial charge in [-0.1, -0.05) is 0 Å². The van der Waals surface area contributed by atoms with E-state index < -0.39 is 11.6 Å². The van der Waals surface area contributed by atoms with Crippen LogP contribution in [0.15, 0.2) is 18.2 Å². The van der Waals surface area contributed by atoms with Gasteiger partial charge in [-0.2, -0.15) is 5.10 Å². The predicted molar refractivity (Wildman–Crippen MR) is 77.2 cm³/mol. The first-order valence-corrected chi connectivity index (χ1v) is 7.37. The van der Waals surface area contributed by atoms with Crippen LogP contribution in [-0.2, 0) is 4.79 Å². The lowest BCUT2D eigenvalue weighted by atomic mass is 10.0. The van der Waals surface area contributed by atoms with E-state index in [0.717, 1.165) is 17.3 Å². The molecule has 1 aliphatic heterocycles. The molecule has 21 heavy (non-hydrogen) atoms. The molecule has 7 heteroatoms. The first-order chi connectivity index (χ1) is 9.95. The number of amides is 1. The molecule has 0 saturated carbocycles. The second kappa shape index (κ2) is 5.14. The number of H-pyrrole nitrogens is 1. The lowest BCUT2D eigenvalue weighted by Gasteiger charge is -2.17. The van der Waals surface area contributed by atoms with E-state index in [-0.39, 0.29) is 16.4 Å². The first kappa shape index (κ1) is 14.1. The maximum atomic E-state index is 13.5. The third-order valence-electron chi connectivity index (χ3n) is 3.40. The van der Waals surface area contributed by atoms with Crippen LogP contribution in [0, 0.1) is 18.6 Å². The van der Waals surface area contributed by atoms with Gasteiger partial charge < -0.3 is 5.32 Å². The molecule has 2 N–H and O–H groups in total. The summed E-state index contributed by atoms with van der Waals surface area (Å²) in [5.74, 6) is -1.02. The number of aryl methyl sites for hydroxylation is 1. The van der Waals surface area contributed by atoms with E-state index in [1.54, 1.807) is 6.92 Å². The van der Waals surface area contributed by atoms with Gasteiger partial charge in [0.25, 0.3) is 0 Å². The summed E-state index contributed by atoms with van der Waals surface area (Å²) in [7, 11) is 0. The van der Waals surface area contributed by atoms with Crippen molar-refractivity contribution < 1.29 is 13.6 Å². The van der Waals surface area contributed by atoms with Crippen LogP contribution in [-0.4, -0.2) is 21.4 Å². The Morgan fingerprint density at radius 1 is 1.24 bits per heavy atom. The van der Waals surface area contributed by atoms with Crippen LogP contribution in [0.5, 0.6) is 0 Å². The molecule has 1 aliphatic rings. The van der Waals surface area contributed by atoms with Crippen LogP contribution < -0.4 is 5.32 Å². The molecule has 0 bridgehead atoms. The number of thioether (sulfide) groups is 1. The summed E-state index contributed by atoms with van der Waals surface area (Å²) in [6.45, 7) is 3.57. The summed E-state index contributed by atoms with van der Waals surface area (Å²) in [5.41, 5.74) is 2.00. The van der Waals surface area contributed by atoms with Gasteiger partial charge in [0.15, 0.2) is 5.82 Å². The highest BCUT2D eigenvalue weighted by Gasteiger charge is 2.32. The summed E-state index contributed by atoms with van der Waals surface area (Å²) < 4.78 is 27.0. The molecule has 1 amide bonds. The van der Waals surface area contributed by atoms with Crippen molar-refractivity contribution in [2.24, 2.45) is 0 Å². The standard InChI is InChI=1S/C14H13F2N3OS/c1-6-11-12(8-3-9(15)5-10(16)4-8)21-7(2)14(20)17-13(11)19-18-6/h3-5,7,12H,1-2H3,(H2,17,18,19,20)/t7-,12+/m1/s1. The number of aromatic nitrogens is 2. The molecule has 2 heterocycles. The number of rotatable bonds is 1. The van der Waals surface area contributed by atoms with Crippen LogP contribution in [0.1, 0.15) is 29.0 Å². The number of nitrogens with zero attached hydrogens (tertiary/aromatic N) is 1. The van der Waals surface area contributed by atoms with E-state index in [9.17, 15) is 13.6 Å². The number of halogens is 2. The van der Waals surface area contributed by atoms with E-state index in [1.807, 2.05) is 6.92 Å². The molecule has 0 unspecified atom stereocenters. The van der Waals surface area contributed by atoms with E-state index in [2.05, 4.69) is 15.5 Å². The molecule has 0 aliphatic carbocycles. The molecule has 110 valence electrons. The summed E-state index contributed by atoms with van der Waals surface area (Å²) in [6, 6.07) is 3.42. The summed E-state index contributed by atoms with van der Waals surface area (Å²) in [4.78, 5) is 12.0. The molecule has 2 aromatic rings. The highest BCUT2D eigenvalue weighted by atomic mass is 32.2. The zero-order chi connectivity index (χ0) is 15.1. The van der Waals surface area contributed by atoms with E-state index in [1.165, 1.54) is 23.9 Å². The third-order valence-corrected chi connectivity index (χ3v) is 4.80. The monoisotopic (exact) mass is 309 g/mol. The Morgan fingerprint density at radius 2 is 1.90 bits per heavy atom. The van der Waals surface area contributed by atoms with Gasteiger partial charge in [-0.05, 0) is 31.5 Å². The molecule has 1 aromatic carbocycles. The van der Waals surface area contributed by atoms with Crippen molar-refractivity contribution in [2.75, 3.05) is 5.32 Å². The maximum absolute atomic E-state index is 13.5. The zero-order valence-corrected chi connectivity index (χ0v) is 12.2. The van der Waals surface area contributed by atoms with Gasteiger partial charge in [-0.3, -0.25) is 9.89 Å². The quantitative estimate of drug-likeness (QED) is 0.851. The van der Waals surface area contributed by atoms with E-state index >= 15 is 0 Å². The Kier molecular flexibility index (Phi) is 3.44. The topological polar surface area (TPSA) is 57.8 Å². The fourth-order valence-electron chi connectivity index (χ4n) is 2.38. The average Bonchev–Trinajstić information content (AvgIpc) is 2.69. The highest BCUT2D eigenvalue weighted by molar-refractivity contribution is 8.01. The molecule has 1 aromatic heterocycles. The fourth-order valence-corrected chi connectivity index (χ4v) is 3.69. The number of hydrogen-bond donors (Lipinski definition) is 2. The molecule has 0 radical (unpaired) electrons. The van der Waals surface area contributed by atoms with Crippen molar-refractivity contribution in [3.8, 4) is 0 Å². The lowest BCUT2D eigenvalue weighted by Crippen LogP contribution is -2.21. The molecule has 0 spiro atoms. The fraction of sp³-hybridized carbons (Fsp3) is 0.286. The minimum absolute atomic E-state index is 0.174. The van der Waals surface area contributed by atoms with Gasteiger partial charge in [0.1, 0.15) is 11.6 Å². The van der Waals surface area contributed by atoms with Crippen LogP contribution in [0.2, 0.25) is 0 Å². The molecule has 2 atom stereocenters. The van der Waals surface area contributed by atoms with Crippen LogP contribution in [0.3, 0.4) is 0 Å². The lowest BCUT2D eigenvalue weighted by molar-refractivity contribution is -0.115. The Morgan fingerprint density at radius 3 is 2.57 bits per heavy atom. The minimum atomic E-state index is -0.635. The maximum Gasteiger partial charge on any atom is 0.238 e. The van der Waals surface area contributed by atoms with Crippen molar-refractivity contribution in [3.63, 3.8) is 0 Å². The summed E-state index contributed by atoms with van der Waals surface area (Å²) in [5, 5.41) is 8.89. The molecule has 3 rings (SSSR count). The number of aromatic amines is 1. The number of hydrogen-bond acceptors (Lipinski definition) is 3. The van der Waals surface area contributed by atoms with Crippen LogP contribution >= 0.6 is 11.8 Å². The molecular formula is C14H13F2N3OS. The van der Waals surface area contributed by atoms with Crippen molar-refractivity contribution in [1.82, 2.24) is 10.2 Å². The second-order valence-electron chi connectivity index (χ2n) is 4.96. The third kappa shape index (κ3) is 2.53. The van der Waals surface area contributed by atoms with Crippen LogP contribution in [0.25, 0.3) is 0 Å². The Balaban J connectivity index is 2.15. The Bertz CT molecular complexity index is 696. The molecule has 0 saturated heterocycles. The van der Waals surface area contributed by atoms with E-state index in [4.69, 9.17) is 0 Å². The van der Waals surface area contributed by atoms with Crippen molar-refractivity contribution >= 4 is 23.5 Å². The van der Waals surface area contributed by atoms with Crippen molar-refractivity contribution in [3.05, 3.63) is 46.7 Å². The summed E-state index contributed by atoms with van der Waals surface area (Å²) >= 11 is 1.34. The average molecular weight is 309 g/mol. The smallest absolute Gasteiger partial charge is 0.238 e. The molecular weight excluding hydrogens is 296 g/mol. The zero-order valence-electron chi connectivity index (χ0n) is 11.4. The number of carbonyl (C=O) groups is 1. The van der Waals surface area contributed by atoms with Gasteiger partial charge in [0.2, 0.25) is 5.91 Å². The van der Waals surface area contributed by atoms with Crippen molar-refractivity contribution in [1.29, 1.82) is 0 Å². The summed E-state index contributed by atoms with van der Waals surface area (Å²) in [6.07, 6.45) is 0. The Labute approximate surface area is 124 Å². The largest absolute Gasteiger partial charge is 0.308 e. The second-order valence-corrected chi connectivity index (χ2v) is 6.41. The number of anilines is 1. The Hall–Kier alpha value is -1.89. The van der Waals surface area contributed by atoms with Gasteiger partial charge >= 0.3 is 0 Å². The van der Waals surface area contributed by atoms with Crippen LogP contribution in [0.4, 0.5) is 14.6 Å². The number of benzene rings is 1. The van der Waals surface area contributed by atoms with Gasteiger partial charge in [0.05, 0.1) is 10.5 Å². The molecule has 0 fully saturated rings. The minimum Gasteiger partial charge on any atom is -0.308 e. The molecule has 4 nitrogen and oxygen atoms in total. The first-order valence-electron chi connectivity index (χ1n) is 6.43. The van der Waals surface area contributed by atoms with Gasteiger partial charge in [-0.15, -0.1) is 11.8 Å².